The zero-order valence-electron chi connectivity index (χ0n) is 7.91. The van der Waals surface area contributed by atoms with E-state index in [1.165, 1.54) is 12.1 Å². The van der Waals surface area contributed by atoms with Gasteiger partial charge in [-0.3, -0.25) is 0 Å². The number of carboxylic acid groups (broad SMARTS) is 1. The first-order valence-corrected chi connectivity index (χ1v) is 4.40. The van der Waals surface area contributed by atoms with Crippen LogP contribution in [0.5, 0.6) is 0 Å². The Bertz CT molecular complexity index is 369. The second-order valence-corrected chi connectivity index (χ2v) is 3.07. The van der Waals surface area contributed by atoms with E-state index in [1.807, 2.05) is 0 Å². The molecule has 0 aliphatic rings. The Morgan fingerprint density at radius 2 is 1.93 bits per heavy atom. The van der Waals surface area contributed by atoms with Gasteiger partial charge in [-0.15, -0.1) is 0 Å². The third-order valence-electron chi connectivity index (χ3n) is 2.00. The van der Waals surface area contributed by atoms with Crippen molar-refractivity contribution in [1.82, 2.24) is 0 Å². The van der Waals surface area contributed by atoms with E-state index >= 15 is 0 Å². The summed E-state index contributed by atoms with van der Waals surface area (Å²) in [6, 6.07) is 5.67. The van der Waals surface area contributed by atoms with Crippen molar-refractivity contribution in [2.45, 2.75) is 12.8 Å². The summed E-state index contributed by atoms with van der Waals surface area (Å²) >= 11 is 0. The number of rotatable bonds is 4. The fraction of sp³-hybridized carbons (Fsp3) is 0.182. The summed E-state index contributed by atoms with van der Waals surface area (Å²) in [5.74, 6) is -1.61. The Hall–Kier alpha value is -1.71. The molecule has 0 atom stereocenters. The highest BCUT2D eigenvalue weighted by Gasteiger charge is 2.07. The Morgan fingerprint density at radius 3 is 2.40 bits per heavy atom. The number of aryl methyl sites for hydroxylation is 1. The van der Waals surface area contributed by atoms with Gasteiger partial charge in [0.25, 0.3) is 0 Å². The lowest BCUT2D eigenvalue weighted by Gasteiger charge is -2.01. The lowest BCUT2D eigenvalue weighted by Crippen LogP contribution is -2.01. The molecule has 0 saturated carbocycles. The van der Waals surface area contributed by atoms with Crippen LogP contribution in [0.15, 0.2) is 36.2 Å². The zero-order chi connectivity index (χ0) is 11.3. The van der Waals surface area contributed by atoms with Crippen molar-refractivity contribution in [2.24, 2.45) is 0 Å². The van der Waals surface area contributed by atoms with Crippen LogP contribution < -0.4 is 0 Å². The normalized spacial score (nSPS) is 11.5. The van der Waals surface area contributed by atoms with Gasteiger partial charge < -0.3 is 5.11 Å². The molecule has 1 rings (SSSR count). The third kappa shape index (κ3) is 3.50. The van der Waals surface area contributed by atoms with Crippen molar-refractivity contribution in [3.8, 4) is 0 Å². The number of carbonyl (C=O) groups is 1. The van der Waals surface area contributed by atoms with E-state index in [9.17, 15) is 13.6 Å². The molecule has 80 valence electrons. The van der Waals surface area contributed by atoms with E-state index in [1.54, 1.807) is 12.1 Å². The molecule has 1 aromatic rings. The monoisotopic (exact) mass is 212 g/mol. The van der Waals surface area contributed by atoms with Crippen LogP contribution >= 0.6 is 0 Å². The average molecular weight is 212 g/mol. The van der Waals surface area contributed by atoms with Crippen LogP contribution in [0.1, 0.15) is 12.0 Å². The number of hydrogen-bond acceptors (Lipinski definition) is 1. The van der Waals surface area contributed by atoms with Crippen molar-refractivity contribution in [3.63, 3.8) is 0 Å². The summed E-state index contributed by atoms with van der Waals surface area (Å²) in [5, 5.41) is 8.53. The minimum atomic E-state index is -1.26. The average Bonchev–Trinajstić information content (AvgIpc) is 2.21. The number of benzene rings is 1. The SMILES string of the molecule is O=C(O)C(=CF)CCc1ccc(F)cc1. The minimum absolute atomic E-state index is 0.0891. The number of hydrogen-bond donors (Lipinski definition) is 1. The topological polar surface area (TPSA) is 37.3 Å². The van der Waals surface area contributed by atoms with Crippen LogP contribution in [0.3, 0.4) is 0 Å². The molecule has 0 heterocycles. The molecular weight excluding hydrogens is 202 g/mol. The molecule has 4 heteroatoms. The van der Waals surface area contributed by atoms with Gasteiger partial charge in [0.1, 0.15) is 5.82 Å². The Morgan fingerprint density at radius 1 is 1.33 bits per heavy atom. The summed E-state index contributed by atoms with van der Waals surface area (Å²) in [5.41, 5.74) is 0.497. The molecule has 0 amide bonds. The zero-order valence-corrected chi connectivity index (χ0v) is 7.91. The molecule has 0 spiro atoms. The molecule has 0 aromatic heterocycles. The first kappa shape index (κ1) is 11.4. The van der Waals surface area contributed by atoms with E-state index < -0.39 is 5.97 Å². The van der Waals surface area contributed by atoms with Crippen LogP contribution in [-0.2, 0) is 11.2 Å². The molecule has 2 nitrogen and oxygen atoms in total. The van der Waals surface area contributed by atoms with Gasteiger partial charge in [0.2, 0.25) is 0 Å². The summed E-state index contributed by atoms with van der Waals surface area (Å²) in [4.78, 5) is 10.4. The smallest absolute Gasteiger partial charge is 0.333 e. The Balaban J connectivity index is 2.57. The predicted octanol–water partition coefficient (Wildman–Crippen LogP) is 2.70. The first-order valence-electron chi connectivity index (χ1n) is 4.40. The van der Waals surface area contributed by atoms with Gasteiger partial charge in [-0.2, -0.15) is 0 Å². The fourth-order valence-electron chi connectivity index (χ4n) is 1.14. The largest absolute Gasteiger partial charge is 0.478 e. The molecule has 1 N–H and O–H groups in total. The van der Waals surface area contributed by atoms with E-state index in [0.717, 1.165) is 5.56 Å². The maximum atomic E-state index is 12.5. The van der Waals surface area contributed by atoms with Crippen LogP contribution in [0.4, 0.5) is 8.78 Å². The molecule has 0 radical (unpaired) electrons. The predicted molar refractivity (Wildman–Crippen MR) is 51.5 cm³/mol. The third-order valence-corrected chi connectivity index (χ3v) is 2.00. The van der Waals surface area contributed by atoms with Gasteiger partial charge in [0, 0.05) is 0 Å². The molecule has 0 saturated heterocycles. The molecular formula is C11H10F2O2. The minimum Gasteiger partial charge on any atom is -0.478 e. The van der Waals surface area contributed by atoms with Crippen LogP contribution in [0.2, 0.25) is 0 Å². The van der Waals surface area contributed by atoms with Gasteiger partial charge in [-0.1, -0.05) is 12.1 Å². The second kappa shape index (κ2) is 5.24. The van der Waals surface area contributed by atoms with Crippen molar-refractivity contribution in [1.29, 1.82) is 0 Å². The maximum absolute atomic E-state index is 12.5. The molecule has 0 bridgehead atoms. The molecule has 0 aliphatic carbocycles. The fourth-order valence-corrected chi connectivity index (χ4v) is 1.14. The van der Waals surface area contributed by atoms with Crippen molar-refractivity contribution < 1.29 is 18.7 Å². The Labute approximate surface area is 85.9 Å². The highest BCUT2D eigenvalue weighted by molar-refractivity contribution is 5.86. The number of aliphatic carboxylic acids is 1. The van der Waals surface area contributed by atoms with Crippen molar-refractivity contribution in [2.75, 3.05) is 0 Å². The second-order valence-electron chi connectivity index (χ2n) is 3.07. The van der Waals surface area contributed by atoms with Gasteiger partial charge in [-0.05, 0) is 30.5 Å². The molecule has 1 aromatic carbocycles. The lowest BCUT2D eigenvalue weighted by atomic mass is 10.1. The van der Waals surface area contributed by atoms with E-state index in [2.05, 4.69) is 0 Å². The molecule has 0 unspecified atom stereocenters. The number of carboxylic acids is 1. The van der Waals surface area contributed by atoms with Crippen LogP contribution in [0.25, 0.3) is 0 Å². The van der Waals surface area contributed by atoms with E-state index in [4.69, 9.17) is 5.11 Å². The maximum Gasteiger partial charge on any atom is 0.333 e. The molecule has 15 heavy (non-hydrogen) atoms. The van der Waals surface area contributed by atoms with Gasteiger partial charge in [-0.25, -0.2) is 13.6 Å². The van der Waals surface area contributed by atoms with E-state index in [0.29, 0.717) is 6.42 Å². The summed E-state index contributed by atoms with van der Waals surface area (Å²) < 4.78 is 24.6. The summed E-state index contributed by atoms with van der Waals surface area (Å²) in [7, 11) is 0. The van der Waals surface area contributed by atoms with Gasteiger partial charge >= 0.3 is 5.97 Å². The quantitative estimate of drug-likeness (QED) is 0.779. The molecule has 0 fully saturated rings. The standard InChI is InChI=1S/C11H10F2O2/c12-7-9(11(14)15)4-1-8-2-5-10(13)6-3-8/h2-3,5-7H,1,4H2,(H,14,15). The van der Waals surface area contributed by atoms with Crippen LogP contribution in [-0.4, -0.2) is 11.1 Å². The number of halogens is 2. The van der Waals surface area contributed by atoms with Crippen LogP contribution in [0, 0.1) is 5.82 Å². The first-order chi connectivity index (χ1) is 7.13. The van der Waals surface area contributed by atoms with Gasteiger partial charge in [0.05, 0.1) is 11.9 Å². The lowest BCUT2D eigenvalue weighted by molar-refractivity contribution is -0.132. The summed E-state index contributed by atoms with van der Waals surface area (Å²) in [6.45, 7) is 0. The van der Waals surface area contributed by atoms with Crippen molar-refractivity contribution >= 4 is 5.97 Å². The highest BCUT2D eigenvalue weighted by atomic mass is 19.1. The van der Waals surface area contributed by atoms with Gasteiger partial charge in [0.15, 0.2) is 0 Å². The van der Waals surface area contributed by atoms with Crippen molar-refractivity contribution in [3.05, 3.63) is 47.5 Å². The highest BCUT2D eigenvalue weighted by Crippen LogP contribution is 2.10. The molecule has 0 aliphatic heterocycles. The Kier molecular flexibility index (Phi) is 3.97. The van der Waals surface area contributed by atoms with E-state index in [-0.39, 0.29) is 24.1 Å². The summed E-state index contributed by atoms with van der Waals surface area (Å²) in [6.07, 6.45) is 0.561.